The molecule has 1 N–H and O–H groups in total. The number of carbonyl (C=O) groups excluding carboxylic acids is 1. The fourth-order valence-corrected chi connectivity index (χ4v) is 6.99. The molecule has 0 fully saturated rings. The molecule has 0 saturated carbocycles. The molecular formula is C47H58IrNO4-. The van der Waals surface area contributed by atoms with E-state index < -0.39 is 0 Å². The van der Waals surface area contributed by atoms with Crippen molar-refractivity contribution in [1.82, 2.24) is 4.98 Å². The summed E-state index contributed by atoms with van der Waals surface area (Å²) in [4.78, 5) is 17.0. The number of benzene rings is 3. The summed E-state index contributed by atoms with van der Waals surface area (Å²) in [5.41, 5.74) is 6.33. The third kappa shape index (κ3) is 8.20. The Bertz CT molecular complexity index is 2250. The van der Waals surface area contributed by atoms with Gasteiger partial charge in [-0.05, 0) is 62.1 Å². The normalized spacial score (nSPS) is 12.8. The number of pyridine rings is 1. The van der Waals surface area contributed by atoms with Crippen molar-refractivity contribution in [2.45, 2.75) is 121 Å². The van der Waals surface area contributed by atoms with Crippen LogP contribution in [0.1, 0.15) is 119 Å². The zero-order chi connectivity index (χ0) is 38.2. The molecule has 5 nitrogen and oxygen atoms in total. The number of carbonyl (C=O) groups is 1. The quantitative estimate of drug-likeness (QED) is 0.0842. The third-order valence-electron chi connectivity index (χ3n) is 11.6. The first-order chi connectivity index (χ1) is 24.5. The molecule has 3 aromatic carbocycles. The van der Waals surface area contributed by atoms with Gasteiger partial charge in [0.2, 0.25) is 0 Å². The summed E-state index contributed by atoms with van der Waals surface area (Å²) in [6, 6.07) is 20.5. The molecule has 0 aliphatic carbocycles. The van der Waals surface area contributed by atoms with E-state index in [1.54, 1.807) is 0 Å². The Morgan fingerprint density at radius 2 is 1.47 bits per heavy atom. The first-order valence-electron chi connectivity index (χ1n) is 19.1. The van der Waals surface area contributed by atoms with Crippen LogP contribution in [-0.4, -0.2) is 15.9 Å². The molecule has 0 aliphatic heterocycles. The van der Waals surface area contributed by atoms with Crippen molar-refractivity contribution in [3.05, 3.63) is 89.5 Å². The van der Waals surface area contributed by atoms with Gasteiger partial charge in [-0.3, -0.25) is 9.78 Å². The van der Waals surface area contributed by atoms with Gasteiger partial charge in [-0.2, -0.15) is 0 Å². The molecule has 6 rings (SSSR count). The van der Waals surface area contributed by atoms with Gasteiger partial charge in [0.25, 0.3) is 0 Å². The SMILES string of the molecule is CCC(C)(CC)C(=O)/C=C(\O)C(C)(CC)CC.Cc1c(CC(C)C)oc2ccc3c(oc4ccnc(-c5[c-]c6ccccc6c(C(C)(C)C)c5)c43)c12.[Ir]. The number of rotatable bonds is 10. The molecule has 6 heteroatoms. The Morgan fingerprint density at radius 3 is 2.08 bits per heavy atom. The Hall–Kier alpha value is -3.73. The van der Waals surface area contributed by atoms with E-state index >= 15 is 0 Å². The number of ketones is 1. The molecule has 0 aliphatic rings. The number of aromatic nitrogens is 1. The second-order valence-electron chi connectivity index (χ2n) is 16.5. The first kappa shape index (κ1) is 42.0. The smallest absolute Gasteiger partial charge is 0.164 e. The van der Waals surface area contributed by atoms with E-state index in [1.165, 1.54) is 22.6 Å². The van der Waals surface area contributed by atoms with Gasteiger partial charge in [-0.25, -0.2) is 0 Å². The van der Waals surface area contributed by atoms with E-state index in [0.717, 1.165) is 87.4 Å². The molecule has 53 heavy (non-hydrogen) atoms. The number of aliphatic hydroxyl groups excluding tert-OH is 1. The van der Waals surface area contributed by atoms with Crippen molar-refractivity contribution in [1.29, 1.82) is 0 Å². The van der Waals surface area contributed by atoms with Crippen molar-refractivity contribution in [3.63, 3.8) is 0 Å². The van der Waals surface area contributed by atoms with Crippen LogP contribution in [0.3, 0.4) is 0 Å². The van der Waals surface area contributed by atoms with Gasteiger partial charge in [0, 0.05) is 71.7 Å². The molecule has 0 amide bonds. The van der Waals surface area contributed by atoms with Gasteiger partial charge >= 0.3 is 0 Å². The molecule has 0 spiro atoms. The van der Waals surface area contributed by atoms with E-state index in [4.69, 9.17) is 13.8 Å². The Morgan fingerprint density at radius 1 is 0.849 bits per heavy atom. The van der Waals surface area contributed by atoms with E-state index in [0.29, 0.717) is 5.92 Å². The zero-order valence-electron chi connectivity index (χ0n) is 33.8. The van der Waals surface area contributed by atoms with Crippen molar-refractivity contribution >= 4 is 49.5 Å². The maximum Gasteiger partial charge on any atom is 0.164 e. The van der Waals surface area contributed by atoms with Crippen LogP contribution in [0.5, 0.6) is 0 Å². The zero-order valence-corrected chi connectivity index (χ0v) is 36.2. The van der Waals surface area contributed by atoms with Crippen molar-refractivity contribution in [3.8, 4) is 11.3 Å². The van der Waals surface area contributed by atoms with Gasteiger partial charge in [0.05, 0.1) is 5.39 Å². The summed E-state index contributed by atoms with van der Waals surface area (Å²) in [5, 5.41) is 15.6. The van der Waals surface area contributed by atoms with E-state index in [-0.39, 0.29) is 47.9 Å². The number of fused-ring (bicyclic) bond motifs is 6. The molecule has 0 unspecified atom stereocenters. The Balaban J connectivity index is 0.000000299. The molecule has 1 radical (unpaired) electrons. The van der Waals surface area contributed by atoms with Crippen LogP contribution < -0.4 is 0 Å². The fraction of sp³-hybridized carbons (Fsp3) is 0.447. The van der Waals surface area contributed by atoms with Crippen LogP contribution in [-0.2, 0) is 36.7 Å². The second kappa shape index (κ2) is 16.3. The summed E-state index contributed by atoms with van der Waals surface area (Å²) >= 11 is 0. The topological polar surface area (TPSA) is 76.5 Å². The average Bonchev–Trinajstić information content (AvgIpc) is 3.66. The number of aryl methyl sites for hydroxylation is 1. The minimum Gasteiger partial charge on any atom is -0.512 e. The average molecular weight is 893 g/mol. The molecule has 0 saturated heterocycles. The van der Waals surface area contributed by atoms with Crippen LogP contribution >= 0.6 is 0 Å². The standard InChI is InChI=1S/C32H30NO2.C15H28O2.Ir/c1-18(2)15-27-19(3)28-25(34-27)12-11-23-29-26(35-31(23)28)13-14-33-30(29)21-16-20-9-7-8-10-22(20)24(17-21)32(4,5)6;1-7-14(5,8-2)12(16)11-13(17)15(6,9-3)10-4;/h7-14,17-18H,15H2,1-6H3;11,16H,7-10H2,1-6H3;/q-1;;/b;12-11-;. The molecule has 3 aromatic heterocycles. The Labute approximate surface area is 330 Å². The van der Waals surface area contributed by atoms with E-state index in [1.807, 2.05) is 53.8 Å². The maximum absolute atomic E-state index is 12.2. The summed E-state index contributed by atoms with van der Waals surface area (Å²) in [6.45, 7) is 25.4. The fourth-order valence-electron chi connectivity index (χ4n) is 6.99. The maximum atomic E-state index is 12.2. The van der Waals surface area contributed by atoms with Crippen molar-refractivity contribution in [2.75, 3.05) is 0 Å². The van der Waals surface area contributed by atoms with Gasteiger partial charge in [0.15, 0.2) is 5.78 Å². The van der Waals surface area contributed by atoms with Crippen LogP contribution in [0.4, 0.5) is 0 Å². The summed E-state index contributed by atoms with van der Waals surface area (Å²) < 4.78 is 12.7. The summed E-state index contributed by atoms with van der Waals surface area (Å²) in [6.07, 6.45) is 7.50. The van der Waals surface area contributed by atoms with Crippen LogP contribution in [0.2, 0.25) is 0 Å². The minimum atomic E-state index is -0.337. The van der Waals surface area contributed by atoms with Crippen LogP contribution in [0, 0.1) is 29.7 Å². The van der Waals surface area contributed by atoms with Crippen molar-refractivity contribution in [2.24, 2.45) is 16.7 Å². The molecule has 0 atom stereocenters. The number of hydrogen-bond donors (Lipinski definition) is 1. The number of furan rings is 2. The van der Waals surface area contributed by atoms with Crippen LogP contribution in [0.25, 0.3) is 54.9 Å². The predicted octanol–water partition coefficient (Wildman–Crippen LogP) is 13.8. The van der Waals surface area contributed by atoms with Crippen molar-refractivity contribution < 1.29 is 38.8 Å². The van der Waals surface area contributed by atoms with Gasteiger partial charge in [0.1, 0.15) is 28.3 Å². The molecule has 6 aromatic rings. The third-order valence-corrected chi connectivity index (χ3v) is 11.6. The summed E-state index contributed by atoms with van der Waals surface area (Å²) in [7, 11) is 0. The first-order valence-corrected chi connectivity index (χ1v) is 19.1. The monoisotopic (exact) mass is 893 g/mol. The molecule has 3 heterocycles. The molecule has 0 bridgehead atoms. The van der Waals surface area contributed by atoms with Crippen LogP contribution in [0.15, 0.2) is 75.4 Å². The van der Waals surface area contributed by atoms with E-state index in [9.17, 15) is 9.90 Å². The minimum absolute atomic E-state index is 0. The number of aliphatic hydroxyl groups is 1. The number of allylic oxidation sites excluding steroid dienone is 2. The molecule has 285 valence electrons. The van der Waals surface area contributed by atoms with Gasteiger partial charge < -0.3 is 13.9 Å². The number of nitrogens with zero attached hydrogens (tertiary/aromatic N) is 1. The largest absolute Gasteiger partial charge is 0.512 e. The van der Waals surface area contributed by atoms with E-state index in [2.05, 4.69) is 90.1 Å². The second-order valence-corrected chi connectivity index (χ2v) is 16.5. The van der Waals surface area contributed by atoms with Gasteiger partial charge in [-0.1, -0.05) is 105 Å². The predicted molar refractivity (Wildman–Crippen MR) is 218 cm³/mol. The summed E-state index contributed by atoms with van der Waals surface area (Å²) in [5.74, 6) is 1.85. The number of hydrogen-bond acceptors (Lipinski definition) is 5. The van der Waals surface area contributed by atoms with Gasteiger partial charge in [-0.15, -0.1) is 29.1 Å². The Kier molecular flexibility index (Phi) is 12.9. The molecular weight excluding hydrogens is 835 g/mol.